The lowest BCUT2D eigenvalue weighted by atomic mass is 9.98. The fourth-order valence-electron chi connectivity index (χ4n) is 2.94. The molecule has 22 heavy (non-hydrogen) atoms. The molecular formula is C16H20BrNO4. The number of methoxy groups -OCH3 is 1. The van der Waals surface area contributed by atoms with Crippen molar-refractivity contribution >= 4 is 27.7 Å². The number of rotatable bonds is 1. The van der Waals surface area contributed by atoms with Gasteiger partial charge in [0.15, 0.2) is 6.23 Å². The summed E-state index contributed by atoms with van der Waals surface area (Å²) in [6.45, 7) is 6.15. The monoisotopic (exact) mass is 369 g/mol. The molecule has 1 aromatic carbocycles. The van der Waals surface area contributed by atoms with Crippen molar-refractivity contribution in [2.75, 3.05) is 18.6 Å². The summed E-state index contributed by atoms with van der Waals surface area (Å²) >= 11 is 3.79. The molecule has 1 saturated heterocycles. The summed E-state index contributed by atoms with van der Waals surface area (Å²) < 4.78 is 16.3. The topological polar surface area (TPSA) is 48.0 Å². The van der Waals surface area contributed by atoms with Crippen LogP contribution in [0.4, 0.5) is 10.5 Å². The van der Waals surface area contributed by atoms with Crippen LogP contribution in [0.3, 0.4) is 0 Å². The van der Waals surface area contributed by atoms with Crippen LogP contribution in [0.5, 0.6) is 5.75 Å². The van der Waals surface area contributed by atoms with Gasteiger partial charge in [0.25, 0.3) is 0 Å². The highest BCUT2D eigenvalue weighted by molar-refractivity contribution is 9.09. The zero-order valence-corrected chi connectivity index (χ0v) is 14.8. The molecule has 2 aliphatic heterocycles. The van der Waals surface area contributed by atoms with Crippen molar-refractivity contribution in [2.24, 2.45) is 0 Å². The number of hydrogen-bond acceptors (Lipinski definition) is 4. The molecular weight excluding hydrogens is 350 g/mol. The molecule has 0 spiro atoms. The summed E-state index contributed by atoms with van der Waals surface area (Å²) in [6.07, 6.45) is -0.00600. The number of amides is 1. The van der Waals surface area contributed by atoms with Crippen LogP contribution in [-0.4, -0.2) is 31.6 Å². The Morgan fingerprint density at radius 3 is 2.82 bits per heavy atom. The van der Waals surface area contributed by atoms with E-state index in [1.54, 1.807) is 12.0 Å². The van der Waals surface area contributed by atoms with E-state index in [-0.39, 0.29) is 0 Å². The molecule has 0 N–H and O–H groups in total. The first-order valence-corrected chi connectivity index (χ1v) is 8.07. The van der Waals surface area contributed by atoms with Gasteiger partial charge in [-0.05, 0) is 45.4 Å². The van der Waals surface area contributed by atoms with Gasteiger partial charge in [-0.25, -0.2) is 9.69 Å². The number of alkyl halides is 1. The molecule has 0 aromatic heterocycles. The van der Waals surface area contributed by atoms with Crippen LogP contribution >= 0.6 is 15.9 Å². The van der Waals surface area contributed by atoms with Crippen molar-refractivity contribution < 1.29 is 19.0 Å². The fourth-order valence-corrected chi connectivity index (χ4v) is 3.75. The van der Waals surface area contributed by atoms with Gasteiger partial charge in [0.1, 0.15) is 15.7 Å². The minimum absolute atomic E-state index is 0.396. The average Bonchev–Trinajstić information content (AvgIpc) is 2.89. The number of anilines is 1. The highest BCUT2D eigenvalue weighted by Gasteiger charge is 2.56. The summed E-state index contributed by atoms with van der Waals surface area (Å²) in [7, 11) is 1.63. The molecule has 6 heteroatoms. The highest BCUT2D eigenvalue weighted by Crippen LogP contribution is 2.56. The van der Waals surface area contributed by atoms with Crippen LogP contribution in [0, 0.1) is 0 Å². The van der Waals surface area contributed by atoms with Crippen LogP contribution in [0.25, 0.3) is 0 Å². The molecule has 0 aliphatic carbocycles. The van der Waals surface area contributed by atoms with Crippen LogP contribution < -0.4 is 9.64 Å². The van der Waals surface area contributed by atoms with E-state index in [2.05, 4.69) is 15.9 Å². The molecule has 2 atom stereocenters. The van der Waals surface area contributed by atoms with Crippen molar-refractivity contribution in [1.82, 2.24) is 0 Å². The smallest absolute Gasteiger partial charge is 0.417 e. The van der Waals surface area contributed by atoms with E-state index in [0.717, 1.165) is 23.4 Å². The second-order valence-corrected chi connectivity index (χ2v) is 7.98. The summed E-state index contributed by atoms with van der Waals surface area (Å²) in [5.74, 6) is 0.759. The number of carbonyl (C=O) groups is 1. The maximum atomic E-state index is 12.6. The summed E-state index contributed by atoms with van der Waals surface area (Å²) in [4.78, 5) is 14.2. The molecule has 0 saturated carbocycles. The molecule has 120 valence electrons. The predicted molar refractivity (Wildman–Crippen MR) is 86.7 cm³/mol. The molecule has 2 aliphatic rings. The Kier molecular flexibility index (Phi) is 3.64. The Morgan fingerprint density at radius 1 is 1.45 bits per heavy atom. The van der Waals surface area contributed by atoms with Gasteiger partial charge in [0.2, 0.25) is 0 Å². The van der Waals surface area contributed by atoms with Crippen molar-refractivity contribution in [3.63, 3.8) is 0 Å². The fraction of sp³-hybridized carbons (Fsp3) is 0.562. The summed E-state index contributed by atoms with van der Waals surface area (Å²) in [6, 6.07) is 5.67. The molecule has 2 unspecified atom stereocenters. The number of carbonyl (C=O) groups excluding carboxylic acids is 1. The number of fused-ring (bicyclic) bond motifs is 3. The van der Waals surface area contributed by atoms with Gasteiger partial charge in [0.05, 0.1) is 19.4 Å². The van der Waals surface area contributed by atoms with Gasteiger partial charge in [-0.15, -0.1) is 0 Å². The first-order valence-electron chi connectivity index (χ1n) is 7.27. The quantitative estimate of drug-likeness (QED) is 0.706. The minimum atomic E-state index is -0.556. The molecule has 5 nitrogen and oxygen atoms in total. The predicted octanol–water partition coefficient (Wildman–Crippen LogP) is 3.79. The lowest BCUT2D eigenvalue weighted by Gasteiger charge is -2.29. The Hall–Kier alpha value is -1.27. The second kappa shape index (κ2) is 5.13. The van der Waals surface area contributed by atoms with Crippen LogP contribution in [-0.2, 0) is 13.8 Å². The molecule has 1 aromatic rings. The molecule has 0 radical (unpaired) electrons. The van der Waals surface area contributed by atoms with E-state index in [9.17, 15) is 4.79 Å². The molecule has 3 rings (SSSR count). The summed E-state index contributed by atoms with van der Waals surface area (Å²) in [5, 5.41) is 0. The zero-order valence-electron chi connectivity index (χ0n) is 13.2. The van der Waals surface area contributed by atoms with E-state index >= 15 is 0 Å². The van der Waals surface area contributed by atoms with Gasteiger partial charge in [-0.3, -0.25) is 0 Å². The first kappa shape index (κ1) is 15.6. The van der Waals surface area contributed by atoms with E-state index in [4.69, 9.17) is 14.2 Å². The highest BCUT2D eigenvalue weighted by atomic mass is 79.9. The largest absolute Gasteiger partial charge is 0.497 e. The Balaban J connectivity index is 2.04. The first-order chi connectivity index (χ1) is 10.3. The Morgan fingerprint density at radius 2 is 2.18 bits per heavy atom. The number of benzene rings is 1. The van der Waals surface area contributed by atoms with E-state index < -0.39 is 22.2 Å². The van der Waals surface area contributed by atoms with Gasteiger partial charge >= 0.3 is 6.09 Å². The Labute approximate surface area is 138 Å². The number of halogens is 1. The standard InChI is InChI=1S/C16H20BrNO4/c1-15(2,3)22-14(19)18-12-6-5-10(20-4)9-11(12)16(17)7-8-21-13(16)18/h5-6,9,13H,7-8H2,1-4H3. The van der Waals surface area contributed by atoms with E-state index in [0.29, 0.717) is 6.61 Å². The third-order valence-corrected chi connectivity index (χ3v) is 5.08. The maximum Gasteiger partial charge on any atom is 0.417 e. The molecule has 2 heterocycles. The molecule has 0 bridgehead atoms. The van der Waals surface area contributed by atoms with Crippen LogP contribution in [0.15, 0.2) is 18.2 Å². The minimum Gasteiger partial charge on any atom is -0.497 e. The number of nitrogens with zero attached hydrogens (tertiary/aromatic N) is 1. The molecule has 1 fully saturated rings. The van der Waals surface area contributed by atoms with Crippen LogP contribution in [0.1, 0.15) is 32.8 Å². The second-order valence-electron chi connectivity index (χ2n) is 6.57. The maximum absolute atomic E-state index is 12.6. The van der Waals surface area contributed by atoms with E-state index in [1.165, 1.54) is 0 Å². The van der Waals surface area contributed by atoms with Crippen molar-refractivity contribution in [2.45, 2.75) is 43.3 Å². The SMILES string of the molecule is COc1ccc2c(c1)C1(Br)CCOC1N2C(=O)OC(C)(C)C. The van der Waals surface area contributed by atoms with E-state index in [1.807, 2.05) is 39.0 Å². The van der Waals surface area contributed by atoms with Crippen molar-refractivity contribution in [1.29, 1.82) is 0 Å². The average molecular weight is 370 g/mol. The van der Waals surface area contributed by atoms with Gasteiger partial charge in [-0.2, -0.15) is 0 Å². The normalized spacial score (nSPS) is 26.6. The third-order valence-electron chi connectivity index (χ3n) is 3.87. The third kappa shape index (κ3) is 2.38. The number of hydrogen-bond donors (Lipinski definition) is 0. The Bertz CT molecular complexity index is 613. The lowest BCUT2D eigenvalue weighted by molar-refractivity contribution is 0.0411. The molecule has 1 amide bonds. The lowest BCUT2D eigenvalue weighted by Crippen LogP contribution is -2.45. The van der Waals surface area contributed by atoms with Gasteiger partial charge in [0, 0.05) is 5.56 Å². The zero-order chi connectivity index (χ0) is 16.1. The summed E-state index contributed by atoms with van der Waals surface area (Å²) in [5.41, 5.74) is 1.25. The van der Waals surface area contributed by atoms with Gasteiger partial charge in [-0.1, -0.05) is 15.9 Å². The van der Waals surface area contributed by atoms with Crippen LogP contribution in [0.2, 0.25) is 0 Å². The van der Waals surface area contributed by atoms with Crippen molar-refractivity contribution in [3.05, 3.63) is 23.8 Å². The van der Waals surface area contributed by atoms with Crippen molar-refractivity contribution in [3.8, 4) is 5.75 Å². The number of ether oxygens (including phenoxy) is 3. The van der Waals surface area contributed by atoms with Gasteiger partial charge < -0.3 is 14.2 Å².